The molecule has 15 heavy (non-hydrogen) atoms. The molecule has 0 fully saturated rings. The molecule has 0 amide bonds. The van der Waals surface area contributed by atoms with Crippen molar-refractivity contribution < 1.29 is 0 Å². The smallest absolute Gasteiger partial charge is 0.0225 e. The van der Waals surface area contributed by atoms with Crippen LogP contribution in [-0.2, 0) is 12.8 Å². The van der Waals surface area contributed by atoms with Crippen molar-refractivity contribution in [2.45, 2.75) is 46.5 Å². The largest absolute Gasteiger partial charge is 0.0871 e. The second-order valence-electron chi connectivity index (χ2n) is 3.94. The van der Waals surface area contributed by atoms with Gasteiger partial charge in [-0.15, -0.1) is 0 Å². The van der Waals surface area contributed by atoms with E-state index in [1.165, 1.54) is 36.0 Å². The van der Waals surface area contributed by atoms with E-state index >= 15 is 0 Å². The maximum Gasteiger partial charge on any atom is -0.0225 e. The second kappa shape index (κ2) is 6.44. The maximum atomic E-state index is 2.28. The number of unbranched alkanes of at least 4 members (excludes halogenated alkanes) is 1. The van der Waals surface area contributed by atoms with Gasteiger partial charge in [0, 0.05) is 0 Å². The van der Waals surface area contributed by atoms with Crippen molar-refractivity contribution in [2.75, 3.05) is 0 Å². The minimum absolute atomic E-state index is 1.14. The molecule has 0 bridgehead atoms. The third kappa shape index (κ3) is 3.23. The fourth-order valence-electron chi connectivity index (χ4n) is 2.02. The molecular formula is C15H22. The minimum Gasteiger partial charge on any atom is -0.0871 e. The summed E-state index contributed by atoms with van der Waals surface area (Å²) < 4.78 is 0. The van der Waals surface area contributed by atoms with Gasteiger partial charge < -0.3 is 0 Å². The first-order valence-corrected chi connectivity index (χ1v) is 6.06. The highest BCUT2D eigenvalue weighted by Crippen LogP contribution is 2.19. The molecular weight excluding hydrogens is 180 g/mol. The molecule has 0 N–H and O–H groups in total. The molecule has 0 heterocycles. The summed E-state index contributed by atoms with van der Waals surface area (Å²) in [7, 11) is 0. The average Bonchev–Trinajstić information content (AvgIpc) is 2.27. The van der Waals surface area contributed by atoms with Gasteiger partial charge >= 0.3 is 0 Å². The topological polar surface area (TPSA) is 0 Å². The fraction of sp³-hybridized carbons (Fsp3) is 0.467. The fourth-order valence-corrected chi connectivity index (χ4v) is 2.02. The van der Waals surface area contributed by atoms with Crippen LogP contribution >= 0.6 is 0 Å². The van der Waals surface area contributed by atoms with Crippen LogP contribution < -0.4 is 0 Å². The van der Waals surface area contributed by atoms with Gasteiger partial charge in [-0.1, -0.05) is 50.6 Å². The summed E-state index contributed by atoms with van der Waals surface area (Å²) in [5, 5.41) is 0. The van der Waals surface area contributed by atoms with Crippen molar-refractivity contribution in [3.05, 3.63) is 41.0 Å². The summed E-state index contributed by atoms with van der Waals surface area (Å²) in [5.41, 5.74) is 4.47. The Balaban J connectivity index is 2.99. The van der Waals surface area contributed by atoms with Crippen molar-refractivity contribution in [3.8, 4) is 0 Å². The lowest BCUT2D eigenvalue weighted by Gasteiger charge is -2.10. The van der Waals surface area contributed by atoms with Gasteiger partial charge in [0.05, 0.1) is 0 Å². The number of benzene rings is 1. The van der Waals surface area contributed by atoms with Gasteiger partial charge in [-0.05, 0) is 42.9 Å². The van der Waals surface area contributed by atoms with Crippen molar-refractivity contribution in [1.82, 2.24) is 0 Å². The summed E-state index contributed by atoms with van der Waals surface area (Å²) >= 11 is 0. The van der Waals surface area contributed by atoms with Gasteiger partial charge in [-0.3, -0.25) is 0 Å². The molecule has 82 valence electrons. The molecule has 0 aromatic heterocycles. The molecule has 0 nitrogen and oxygen atoms in total. The van der Waals surface area contributed by atoms with Crippen LogP contribution in [0, 0.1) is 0 Å². The van der Waals surface area contributed by atoms with Crippen molar-refractivity contribution in [3.63, 3.8) is 0 Å². The molecule has 0 aliphatic carbocycles. The molecule has 1 aromatic carbocycles. The van der Waals surface area contributed by atoms with Crippen LogP contribution in [-0.4, -0.2) is 0 Å². The van der Waals surface area contributed by atoms with E-state index < -0.39 is 0 Å². The molecule has 0 heteroatoms. The highest BCUT2D eigenvalue weighted by molar-refractivity contribution is 5.55. The Bertz CT molecular complexity index is 321. The van der Waals surface area contributed by atoms with E-state index in [-0.39, 0.29) is 0 Å². The zero-order chi connectivity index (χ0) is 11.1. The standard InChI is InChI=1S/C15H22/c1-4-7-10-14-12-8-11-13(9-5-2)15(14)6-3/h5,8-9,11-12H,4,6-7,10H2,1-3H3/b9-5-. The monoisotopic (exact) mass is 202 g/mol. The second-order valence-corrected chi connectivity index (χ2v) is 3.94. The summed E-state index contributed by atoms with van der Waals surface area (Å²) in [6.45, 7) is 6.58. The molecule has 0 spiro atoms. The predicted octanol–water partition coefficient (Wildman–Crippen LogP) is 4.62. The molecule has 0 aliphatic heterocycles. The predicted molar refractivity (Wildman–Crippen MR) is 69.1 cm³/mol. The first-order chi connectivity index (χ1) is 7.33. The number of allylic oxidation sites excluding steroid dienone is 1. The van der Waals surface area contributed by atoms with Crippen LogP contribution in [0.25, 0.3) is 6.08 Å². The molecule has 0 radical (unpaired) electrons. The van der Waals surface area contributed by atoms with E-state index in [4.69, 9.17) is 0 Å². The summed E-state index contributed by atoms with van der Waals surface area (Å²) in [5.74, 6) is 0. The van der Waals surface area contributed by atoms with E-state index in [0.29, 0.717) is 0 Å². The van der Waals surface area contributed by atoms with Crippen molar-refractivity contribution in [1.29, 1.82) is 0 Å². The highest BCUT2D eigenvalue weighted by Gasteiger charge is 2.03. The van der Waals surface area contributed by atoms with Gasteiger partial charge in [-0.25, -0.2) is 0 Å². The third-order valence-electron chi connectivity index (χ3n) is 2.81. The lowest BCUT2D eigenvalue weighted by molar-refractivity contribution is 0.787. The Labute approximate surface area is 94.0 Å². The normalized spacial score (nSPS) is 11.1. The van der Waals surface area contributed by atoms with Gasteiger partial charge in [0.2, 0.25) is 0 Å². The maximum absolute atomic E-state index is 2.28. The number of aryl methyl sites for hydroxylation is 1. The van der Waals surface area contributed by atoms with Crippen LogP contribution in [0.3, 0.4) is 0 Å². The van der Waals surface area contributed by atoms with Crippen LogP contribution in [0.4, 0.5) is 0 Å². The summed E-state index contributed by atoms with van der Waals surface area (Å²) in [6, 6.07) is 6.68. The van der Waals surface area contributed by atoms with E-state index in [1.54, 1.807) is 0 Å². The molecule has 0 unspecified atom stereocenters. The van der Waals surface area contributed by atoms with Crippen LogP contribution in [0.1, 0.15) is 50.3 Å². The highest BCUT2D eigenvalue weighted by atomic mass is 14.1. The Morgan fingerprint density at radius 2 is 2.00 bits per heavy atom. The van der Waals surface area contributed by atoms with Crippen molar-refractivity contribution >= 4 is 6.08 Å². The lowest BCUT2D eigenvalue weighted by atomic mass is 9.95. The quantitative estimate of drug-likeness (QED) is 0.653. The number of hydrogen-bond donors (Lipinski definition) is 0. The van der Waals surface area contributed by atoms with E-state index in [2.05, 4.69) is 51.1 Å². The van der Waals surface area contributed by atoms with Gasteiger partial charge in [-0.2, -0.15) is 0 Å². The molecule has 0 saturated heterocycles. The SMILES string of the molecule is C/C=C\c1cccc(CCCC)c1CC. The molecule has 0 aliphatic rings. The first kappa shape index (κ1) is 12.0. The third-order valence-corrected chi connectivity index (χ3v) is 2.81. The van der Waals surface area contributed by atoms with E-state index in [1.807, 2.05) is 0 Å². The van der Waals surface area contributed by atoms with E-state index in [0.717, 1.165) is 6.42 Å². The molecule has 0 saturated carbocycles. The Kier molecular flexibility index (Phi) is 5.17. The van der Waals surface area contributed by atoms with Gasteiger partial charge in [0.25, 0.3) is 0 Å². The summed E-state index contributed by atoms with van der Waals surface area (Å²) in [4.78, 5) is 0. The van der Waals surface area contributed by atoms with Crippen LogP contribution in [0.2, 0.25) is 0 Å². The number of hydrogen-bond acceptors (Lipinski definition) is 0. The van der Waals surface area contributed by atoms with Crippen LogP contribution in [0.5, 0.6) is 0 Å². The van der Waals surface area contributed by atoms with Gasteiger partial charge in [0.1, 0.15) is 0 Å². The minimum atomic E-state index is 1.14. The first-order valence-electron chi connectivity index (χ1n) is 6.06. The molecule has 1 rings (SSSR count). The Morgan fingerprint density at radius 1 is 1.20 bits per heavy atom. The average molecular weight is 202 g/mol. The Morgan fingerprint density at radius 3 is 2.60 bits per heavy atom. The van der Waals surface area contributed by atoms with Gasteiger partial charge in [0.15, 0.2) is 0 Å². The molecule has 0 atom stereocenters. The van der Waals surface area contributed by atoms with Crippen molar-refractivity contribution in [2.24, 2.45) is 0 Å². The molecule has 1 aromatic rings. The van der Waals surface area contributed by atoms with Crippen LogP contribution in [0.15, 0.2) is 24.3 Å². The zero-order valence-electron chi connectivity index (χ0n) is 10.2. The number of rotatable bonds is 5. The zero-order valence-corrected chi connectivity index (χ0v) is 10.2. The Hall–Kier alpha value is -1.04. The lowest BCUT2D eigenvalue weighted by Crippen LogP contribution is -1.96. The summed E-state index contributed by atoms with van der Waals surface area (Å²) in [6.07, 6.45) is 9.28. The van der Waals surface area contributed by atoms with E-state index in [9.17, 15) is 0 Å².